The maximum Gasteiger partial charge on any atom is 0.225 e. The van der Waals surface area contributed by atoms with Crippen molar-refractivity contribution in [2.75, 3.05) is 36.5 Å². The minimum atomic E-state index is -0.0375. The van der Waals surface area contributed by atoms with E-state index in [0.717, 1.165) is 35.6 Å². The molecule has 4 rings (SSSR count). The maximum absolute atomic E-state index is 13.1. The Morgan fingerprint density at radius 2 is 1.53 bits per heavy atom. The van der Waals surface area contributed by atoms with Gasteiger partial charge in [0.1, 0.15) is 0 Å². The van der Waals surface area contributed by atoms with Crippen molar-refractivity contribution < 1.29 is 9.53 Å². The molecule has 0 spiro atoms. The number of amides is 1. The lowest BCUT2D eigenvalue weighted by Gasteiger charge is -2.30. The van der Waals surface area contributed by atoms with Crippen molar-refractivity contribution in [1.82, 2.24) is 0 Å². The van der Waals surface area contributed by atoms with E-state index in [-0.39, 0.29) is 11.8 Å². The first kappa shape index (κ1) is 20.5. The second kappa shape index (κ2) is 9.79. The zero-order valence-corrected chi connectivity index (χ0v) is 17.5. The first-order chi connectivity index (χ1) is 14.7. The highest BCUT2D eigenvalue weighted by molar-refractivity contribution is 6.31. The molecule has 3 aromatic rings. The number of nitrogens with zero attached hydrogens (tertiary/aromatic N) is 1. The van der Waals surface area contributed by atoms with Crippen molar-refractivity contribution in [1.29, 1.82) is 0 Å². The van der Waals surface area contributed by atoms with E-state index in [2.05, 4.69) is 34.5 Å². The Balaban J connectivity index is 1.56. The van der Waals surface area contributed by atoms with E-state index in [0.29, 0.717) is 24.7 Å². The monoisotopic (exact) mass is 420 g/mol. The summed E-state index contributed by atoms with van der Waals surface area (Å²) in [6.45, 7) is 2.95. The Morgan fingerprint density at radius 3 is 2.13 bits per heavy atom. The molecule has 5 heteroatoms. The number of anilines is 2. The van der Waals surface area contributed by atoms with Crippen LogP contribution in [0.5, 0.6) is 0 Å². The molecule has 1 N–H and O–H groups in total. The Bertz CT molecular complexity index is 933. The third kappa shape index (κ3) is 5.02. The fourth-order valence-electron chi connectivity index (χ4n) is 3.87. The summed E-state index contributed by atoms with van der Waals surface area (Å²) >= 11 is 6.24. The number of carbonyl (C=O) groups excluding carboxylic acids is 1. The van der Waals surface area contributed by atoms with Gasteiger partial charge < -0.3 is 15.0 Å². The van der Waals surface area contributed by atoms with Crippen molar-refractivity contribution in [3.63, 3.8) is 0 Å². The molecule has 0 radical (unpaired) electrons. The highest BCUT2D eigenvalue weighted by Gasteiger charge is 2.21. The Hall–Kier alpha value is -2.82. The van der Waals surface area contributed by atoms with E-state index >= 15 is 0 Å². The van der Waals surface area contributed by atoms with Crippen molar-refractivity contribution in [3.8, 4) is 0 Å². The van der Waals surface area contributed by atoms with Gasteiger partial charge in [0, 0.05) is 30.5 Å². The minimum Gasteiger partial charge on any atom is -0.378 e. The first-order valence-corrected chi connectivity index (χ1v) is 10.6. The minimum absolute atomic E-state index is 0.0154. The summed E-state index contributed by atoms with van der Waals surface area (Å²) in [5.41, 5.74) is 3.97. The summed E-state index contributed by atoms with van der Waals surface area (Å²) in [5, 5.41) is 3.71. The Morgan fingerprint density at radius 1 is 0.933 bits per heavy atom. The fourth-order valence-corrected chi connectivity index (χ4v) is 4.05. The van der Waals surface area contributed by atoms with Crippen molar-refractivity contribution >= 4 is 28.9 Å². The number of nitrogens with one attached hydrogen (secondary N) is 1. The summed E-state index contributed by atoms with van der Waals surface area (Å²) in [7, 11) is 0. The number of hydrogen-bond donors (Lipinski definition) is 1. The highest BCUT2D eigenvalue weighted by Crippen LogP contribution is 2.32. The Labute approximate surface area is 182 Å². The van der Waals surface area contributed by atoms with E-state index in [4.69, 9.17) is 16.3 Å². The predicted molar refractivity (Wildman–Crippen MR) is 122 cm³/mol. The molecule has 1 saturated heterocycles. The third-order valence-corrected chi connectivity index (χ3v) is 5.61. The van der Waals surface area contributed by atoms with Crippen LogP contribution in [-0.2, 0) is 9.53 Å². The summed E-state index contributed by atoms with van der Waals surface area (Å²) in [5.74, 6) is -0.0529. The van der Waals surface area contributed by atoms with E-state index in [1.54, 1.807) is 0 Å². The van der Waals surface area contributed by atoms with Gasteiger partial charge in [-0.1, -0.05) is 72.3 Å². The molecular weight excluding hydrogens is 396 g/mol. The molecule has 0 bridgehead atoms. The molecule has 1 aliphatic rings. The van der Waals surface area contributed by atoms with Gasteiger partial charge in [-0.15, -0.1) is 0 Å². The van der Waals surface area contributed by atoms with E-state index in [9.17, 15) is 4.79 Å². The van der Waals surface area contributed by atoms with Gasteiger partial charge >= 0.3 is 0 Å². The van der Waals surface area contributed by atoms with Crippen LogP contribution >= 0.6 is 11.6 Å². The van der Waals surface area contributed by atoms with Crippen LogP contribution in [0.1, 0.15) is 23.5 Å². The molecule has 3 aromatic carbocycles. The average Bonchev–Trinajstić information content (AvgIpc) is 2.79. The second-order valence-corrected chi connectivity index (χ2v) is 7.82. The van der Waals surface area contributed by atoms with Gasteiger partial charge in [0.15, 0.2) is 0 Å². The first-order valence-electron chi connectivity index (χ1n) is 10.2. The lowest BCUT2D eigenvalue weighted by molar-refractivity contribution is -0.116. The van der Waals surface area contributed by atoms with Crippen LogP contribution in [-0.4, -0.2) is 32.2 Å². The molecule has 1 amide bonds. The summed E-state index contributed by atoms with van der Waals surface area (Å²) < 4.78 is 5.46. The van der Waals surface area contributed by atoms with Crippen LogP contribution in [0.4, 0.5) is 11.4 Å². The quantitative estimate of drug-likeness (QED) is 0.585. The molecule has 30 heavy (non-hydrogen) atoms. The summed E-state index contributed by atoms with van der Waals surface area (Å²) in [4.78, 5) is 15.3. The van der Waals surface area contributed by atoms with Gasteiger partial charge in [-0.3, -0.25) is 4.79 Å². The average molecular weight is 421 g/mol. The maximum atomic E-state index is 13.1. The zero-order chi connectivity index (χ0) is 20.8. The van der Waals surface area contributed by atoms with Crippen molar-refractivity contribution in [3.05, 3.63) is 95.0 Å². The Kier molecular flexibility index (Phi) is 6.67. The molecule has 1 fully saturated rings. The molecule has 1 aliphatic heterocycles. The molecule has 0 saturated carbocycles. The number of morpholine rings is 1. The van der Waals surface area contributed by atoms with Gasteiger partial charge in [0.05, 0.1) is 24.6 Å². The molecule has 0 aromatic heterocycles. The van der Waals surface area contributed by atoms with Crippen LogP contribution in [0.25, 0.3) is 0 Å². The second-order valence-electron chi connectivity index (χ2n) is 7.39. The van der Waals surface area contributed by atoms with Gasteiger partial charge in [-0.25, -0.2) is 0 Å². The van der Waals surface area contributed by atoms with Crippen LogP contribution in [0, 0.1) is 0 Å². The van der Waals surface area contributed by atoms with Crippen LogP contribution in [0.2, 0.25) is 5.02 Å². The third-order valence-electron chi connectivity index (χ3n) is 5.38. The van der Waals surface area contributed by atoms with E-state index in [1.165, 1.54) is 0 Å². The fraction of sp³-hybridized carbons (Fsp3) is 0.240. The smallest absolute Gasteiger partial charge is 0.225 e. The van der Waals surface area contributed by atoms with Crippen LogP contribution in [0.3, 0.4) is 0 Å². The highest BCUT2D eigenvalue weighted by atomic mass is 35.5. The number of halogens is 1. The molecule has 154 valence electrons. The molecule has 0 atom stereocenters. The standard InChI is InChI=1S/C25H25ClN2O2/c26-21-11-12-24(28-13-15-30-16-14-28)23(17-21)27-25(29)18-22(19-7-3-1-4-8-19)20-9-5-2-6-10-20/h1-12,17,22H,13-16,18H2,(H,27,29). The van der Waals surface area contributed by atoms with E-state index < -0.39 is 0 Å². The number of ether oxygens (including phenoxy) is 1. The predicted octanol–water partition coefficient (Wildman–Crippen LogP) is 5.34. The number of rotatable bonds is 6. The summed E-state index contributed by atoms with van der Waals surface area (Å²) in [6.07, 6.45) is 0.350. The molecule has 1 heterocycles. The number of carbonyl (C=O) groups is 1. The number of hydrogen-bond acceptors (Lipinski definition) is 3. The molecular formula is C25H25ClN2O2. The van der Waals surface area contributed by atoms with Gasteiger partial charge in [0.2, 0.25) is 5.91 Å². The molecule has 0 aliphatic carbocycles. The SMILES string of the molecule is O=C(CC(c1ccccc1)c1ccccc1)Nc1cc(Cl)ccc1N1CCOCC1. The molecule has 0 unspecified atom stereocenters. The van der Waals surface area contributed by atoms with E-state index in [1.807, 2.05) is 54.6 Å². The zero-order valence-electron chi connectivity index (χ0n) is 16.8. The van der Waals surface area contributed by atoms with Crippen LogP contribution < -0.4 is 10.2 Å². The number of benzene rings is 3. The van der Waals surface area contributed by atoms with Crippen molar-refractivity contribution in [2.24, 2.45) is 0 Å². The largest absolute Gasteiger partial charge is 0.378 e. The van der Waals surface area contributed by atoms with Crippen molar-refractivity contribution in [2.45, 2.75) is 12.3 Å². The lowest BCUT2D eigenvalue weighted by Crippen LogP contribution is -2.36. The van der Waals surface area contributed by atoms with Gasteiger partial charge in [-0.05, 0) is 29.3 Å². The summed E-state index contributed by atoms with van der Waals surface area (Å²) in [6, 6.07) is 26.0. The molecule has 4 nitrogen and oxygen atoms in total. The van der Waals surface area contributed by atoms with Gasteiger partial charge in [0.25, 0.3) is 0 Å². The van der Waals surface area contributed by atoms with Crippen LogP contribution in [0.15, 0.2) is 78.9 Å². The van der Waals surface area contributed by atoms with Gasteiger partial charge in [-0.2, -0.15) is 0 Å². The normalized spacial score (nSPS) is 14.0. The topological polar surface area (TPSA) is 41.6 Å². The lowest BCUT2D eigenvalue weighted by atomic mass is 9.88.